The van der Waals surface area contributed by atoms with Crippen LogP contribution in [-0.4, -0.2) is 23.1 Å². The molecule has 4 heteroatoms. The lowest BCUT2D eigenvalue weighted by Crippen LogP contribution is -2.01. The van der Waals surface area contributed by atoms with Crippen LogP contribution in [0.5, 0.6) is 17.2 Å². The first kappa shape index (κ1) is 18.3. The standard InChI is InChI=1S/C21H22O4/c1-14(2)9-11-16-19(25-3)13-18(23)20(21(16)24)17(22)12-10-15-7-5-4-6-8-15/h4-10,12-13,23-24H,11H2,1-3H3. The van der Waals surface area contributed by atoms with Gasteiger partial charge >= 0.3 is 0 Å². The van der Waals surface area contributed by atoms with Crippen molar-refractivity contribution in [1.29, 1.82) is 0 Å². The number of carbonyl (C=O) groups excluding carboxylic acids is 1. The smallest absolute Gasteiger partial charge is 0.193 e. The molecule has 0 saturated heterocycles. The van der Waals surface area contributed by atoms with E-state index < -0.39 is 5.78 Å². The number of methoxy groups -OCH3 is 1. The molecule has 0 aromatic heterocycles. The minimum absolute atomic E-state index is 0.120. The molecule has 0 saturated carbocycles. The third-order valence-electron chi connectivity index (χ3n) is 3.75. The van der Waals surface area contributed by atoms with Crippen LogP contribution in [-0.2, 0) is 6.42 Å². The van der Waals surface area contributed by atoms with Gasteiger partial charge in [0, 0.05) is 11.6 Å². The Kier molecular flexibility index (Phi) is 6.01. The van der Waals surface area contributed by atoms with Crippen molar-refractivity contribution in [3.05, 3.63) is 70.8 Å². The lowest BCUT2D eigenvalue weighted by molar-refractivity contribution is 0.104. The first-order valence-corrected chi connectivity index (χ1v) is 7.96. The molecular weight excluding hydrogens is 316 g/mol. The van der Waals surface area contributed by atoms with Crippen LogP contribution in [0.4, 0.5) is 0 Å². The zero-order valence-corrected chi connectivity index (χ0v) is 14.6. The molecule has 0 spiro atoms. The van der Waals surface area contributed by atoms with Crippen LogP contribution in [0.25, 0.3) is 6.08 Å². The van der Waals surface area contributed by atoms with Gasteiger partial charge in [-0.25, -0.2) is 0 Å². The van der Waals surface area contributed by atoms with Crippen LogP contribution < -0.4 is 4.74 Å². The van der Waals surface area contributed by atoms with Crippen LogP contribution in [0.3, 0.4) is 0 Å². The van der Waals surface area contributed by atoms with Gasteiger partial charge in [0.15, 0.2) is 5.78 Å². The molecule has 2 rings (SSSR count). The molecule has 0 aliphatic heterocycles. The average molecular weight is 338 g/mol. The topological polar surface area (TPSA) is 66.8 Å². The molecule has 4 nitrogen and oxygen atoms in total. The van der Waals surface area contributed by atoms with E-state index >= 15 is 0 Å². The summed E-state index contributed by atoms with van der Waals surface area (Å²) in [4.78, 5) is 12.5. The molecule has 0 atom stereocenters. The zero-order valence-electron chi connectivity index (χ0n) is 14.6. The molecule has 0 heterocycles. The summed E-state index contributed by atoms with van der Waals surface area (Å²) in [6.45, 7) is 3.89. The molecule has 0 amide bonds. The van der Waals surface area contributed by atoms with Crippen molar-refractivity contribution in [3.63, 3.8) is 0 Å². The second kappa shape index (κ2) is 8.20. The molecule has 0 aliphatic carbocycles. The molecule has 0 radical (unpaired) electrons. The summed E-state index contributed by atoms with van der Waals surface area (Å²) in [5, 5.41) is 20.7. The van der Waals surface area contributed by atoms with Gasteiger partial charge in [-0.05, 0) is 31.9 Å². The second-order valence-electron chi connectivity index (χ2n) is 5.89. The number of phenolic OH excluding ortho intramolecular Hbond substituents is 2. The van der Waals surface area contributed by atoms with Crippen molar-refractivity contribution in [2.24, 2.45) is 0 Å². The van der Waals surface area contributed by atoms with E-state index in [-0.39, 0.29) is 17.1 Å². The van der Waals surface area contributed by atoms with Gasteiger partial charge in [0.05, 0.1) is 7.11 Å². The Morgan fingerprint density at radius 2 is 1.84 bits per heavy atom. The Morgan fingerprint density at radius 3 is 2.44 bits per heavy atom. The average Bonchev–Trinajstić information content (AvgIpc) is 2.59. The van der Waals surface area contributed by atoms with Crippen molar-refractivity contribution >= 4 is 11.9 Å². The van der Waals surface area contributed by atoms with Crippen LogP contribution >= 0.6 is 0 Å². The maximum atomic E-state index is 12.5. The van der Waals surface area contributed by atoms with E-state index in [2.05, 4.69) is 0 Å². The van der Waals surface area contributed by atoms with Crippen molar-refractivity contribution in [1.82, 2.24) is 0 Å². The van der Waals surface area contributed by atoms with Gasteiger partial charge in [-0.1, -0.05) is 48.1 Å². The number of rotatable bonds is 6. The number of phenols is 2. The molecule has 0 aliphatic rings. The highest BCUT2D eigenvalue weighted by Gasteiger charge is 2.21. The fraction of sp³-hybridized carbons (Fsp3) is 0.190. The van der Waals surface area contributed by atoms with E-state index in [4.69, 9.17) is 4.74 Å². The summed E-state index contributed by atoms with van der Waals surface area (Å²) in [5.74, 6) is -0.689. The first-order chi connectivity index (χ1) is 11.9. The minimum atomic E-state index is -0.472. The van der Waals surface area contributed by atoms with Crippen molar-refractivity contribution in [2.45, 2.75) is 20.3 Å². The number of benzene rings is 2. The summed E-state index contributed by atoms with van der Waals surface area (Å²) in [5.41, 5.74) is 2.28. The van der Waals surface area contributed by atoms with Crippen molar-refractivity contribution < 1.29 is 19.7 Å². The maximum Gasteiger partial charge on any atom is 0.193 e. The maximum absolute atomic E-state index is 12.5. The number of hydrogen-bond acceptors (Lipinski definition) is 4. The number of aromatic hydroxyl groups is 2. The Morgan fingerprint density at radius 1 is 1.16 bits per heavy atom. The van der Waals surface area contributed by atoms with Crippen LogP contribution in [0.2, 0.25) is 0 Å². The van der Waals surface area contributed by atoms with Crippen LogP contribution in [0.15, 0.2) is 54.1 Å². The molecule has 130 valence electrons. The highest BCUT2D eigenvalue weighted by molar-refractivity contribution is 6.10. The van der Waals surface area contributed by atoms with Gasteiger partial charge in [-0.2, -0.15) is 0 Å². The van der Waals surface area contributed by atoms with Crippen molar-refractivity contribution in [3.8, 4) is 17.2 Å². The molecule has 0 bridgehead atoms. The lowest BCUT2D eigenvalue weighted by Gasteiger charge is -2.13. The number of ketones is 1. The molecular formula is C21H22O4. The minimum Gasteiger partial charge on any atom is -0.507 e. The highest BCUT2D eigenvalue weighted by Crippen LogP contribution is 2.39. The van der Waals surface area contributed by atoms with E-state index in [0.29, 0.717) is 17.7 Å². The third-order valence-corrected chi connectivity index (χ3v) is 3.75. The monoisotopic (exact) mass is 338 g/mol. The SMILES string of the molecule is COc1cc(O)c(C(=O)C=Cc2ccccc2)c(O)c1CC=C(C)C. The lowest BCUT2D eigenvalue weighted by atomic mass is 9.99. The van der Waals surface area contributed by atoms with Gasteiger partial charge < -0.3 is 14.9 Å². The van der Waals surface area contributed by atoms with Gasteiger partial charge in [0.25, 0.3) is 0 Å². The second-order valence-corrected chi connectivity index (χ2v) is 5.89. The summed E-state index contributed by atoms with van der Waals surface area (Å²) in [7, 11) is 1.46. The van der Waals surface area contributed by atoms with E-state index in [0.717, 1.165) is 11.1 Å². The quantitative estimate of drug-likeness (QED) is 0.462. The Labute approximate surface area is 147 Å². The van der Waals surface area contributed by atoms with E-state index in [1.807, 2.05) is 50.3 Å². The number of hydrogen-bond donors (Lipinski definition) is 2. The largest absolute Gasteiger partial charge is 0.507 e. The Bertz CT molecular complexity index is 814. The highest BCUT2D eigenvalue weighted by atomic mass is 16.5. The number of ether oxygens (including phenoxy) is 1. The van der Waals surface area contributed by atoms with E-state index in [1.54, 1.807) is 6.08 Å². The van der Waals surface area contributed by atoms with E-state index in [1.165, 1.54) is 19.3 Å². The molecule has 2 aromatic carbocycles. The van der Waals surface area contributed by atoms with Gasteiger partial charge in [0.2, 0.25) is 0 Å². The fourth-order valence-corrected chi connectivity index (χ4v) is 2.42. The predicted octanol–water partition coefficient (Wildman–Crippen LogP) is 4.51. The third kappa shape index (κ3) is 4.51. The van der Waals surface area contributed by atoms with Gasteiger partial charge in [0.1, 0.15) is 22.8 Å². The summed E-state index contributed by atoms with van der Waals surface area (Å²) >= 11 is 0. The van der Waals surface area contributed by atoms with E-state index in [9.17, 15) is 15.0 Å². The molecule has 0 unspecified atom stereocenters. The molecule has 25 heavy (non-hydrogen) atoms. The number of carbonyl (C=O) groups is 1. The number of allylic oxidation sites excluding steroid dienone is 3. The van der Waals surface area contributed by atoms with Crippen LogP contribution in [0, 0.1) is 0 Å². The Balaban J connectivity index is 2.42. The summed E-state index contributed by atoms with van der Waals surface area (Å²) in [6.07, 6.45) is 5.30. The zero-order chi connectivity index (χ0) is 18.4. The van der Waals surface area contributed by atoms with Gasteiger partial charge in [-0.3, -0.25) is 4.79 Å². The van der Waals surface area contributed by atoms with Crippen molar-refractivity contribution in [2.75, 3.05) is 7.11 Å². The summed E-state index contributed by atoms with van der Waals surface area (Å²) in [6, 6.07) is 10.7. The fourth-order valence-electron chi connectivity index (χ4n) is 2.42. The summed E-state index contributed by atoms with van der Waals surface area (Å²) < 4.78 is 5.22. The normalized spacial score (nSPS) is 10.7. The van der Waals surface area contributed by atoms with Crippen LogP contribution in [0.1, 0.15) is 35.3 Å². The Hall–Kier alpha value is -3.01. The first-order valence-electron chi connectivity index (χ1n) is 7.96. The molecule has 0 fully saturated rings. The predicted molar refractivity (Wildman–Crippen MR) is 99.3 cm³/mol. The van der Waals surface area contributed by atoms with Gasteiger partial charge in [-0.15, -0.1) is 0 Å². The molecule has 2 aromatic rings. The molecule has 2 N–H and O–H groups in total.